The van der Waals surface area contributed by atoms with E-state index in [1.54, 1.807) is 0 Å². The normalized spacial score (nSPS) is 18.3. The molecule has 6 heteroatoms. The maximum absolute atomic E-state index is 14.4. The van der Waals surface area contributed by atoms with E-state index < -0.39 is 17.9 Å². The Bertz CT molecular complexity index is 1010. The minimum atomic E-state index is -4.96. The summed E-state index contributed by atoms with van der Waals surface area (Å²) in [4.78, 5) is 0. The van der Waals surface area contributed by atoms with Crippen LogP contribution in [0.3, 0.4) is 0 Å². The minimum Gasteiger partial charge on any atom is -0.453 e. The van der Waals surface area contributed by atoms with E-state index in [1.165, 1.54) is 11.6 Å². The molecule has 0 fully saturated rings. The lowest BCUT2D eigenvalue weighted by Crippen LogP contribution is -2.17. The van der Waals surface area contributed by atoms with Crippen molar-refractivity contribution in [3.05, 3.63) is 47.8 Å². The lowest BCUT2D eigenvalue weighted by Gasteiger charge is -2.18. The summed E-state index contributed by atoms with van der Waals surface area (Å²) < 4.78 is 60.8. The molecule has 0 saturated carbocycles. The second-order valence-corrected chi connectivity index (χ2v) is 6.72. The molecule has 1 aromatic heterocycles. The predicted octanol–water partition coefficient (Wildman–Crippen LogP) is 6.83. The van der Waals surface area contributed by atoms with Crippen LogP contribution in [-0.4, -0.2) is 6.36 Å². The smallest absolute Gasteiger partial charge is 0.453 e. The van der Waals surface area contributed by atoms with Gasteiger partial charge in [0.05, 0.1) is 0 Å². The van der Waals surface area contributed by atoms with Gasteiger partial charge in [0.2, 0.25) is 5.82 Å². The van der Waals surface area contributed by atoms with Crippen molar-refractivity contribution in [2.24, 2.45) is 5.92 Å². The molecule has 2 nitrogen and oxygen atoms in total. The standard InChI is InChI=1S/C20H16F4O2/c1-11-2-4-12(5-3-11)13-6-7-14-15-8-9-16(26-20(22,23)24)18(21)19(15)25-17(14)10-13/h4,6-11H,2-3,5H2,1H3. The van der Waals surface area contributed by atoms with Gasteiger partial charge in [-0.2, -0.15) is 4.39 Å². The molecule has 0 bridgehead atoms. The van der Waals surface area contributed by atoms with Crippen LogP contribution >= 0.6 is 0 Å². The number of allylic oxidation sites excluding steroid dienone is 2. The fourth-order valence-electron chi connectivity index (χ4n) is 3.42. The highest BCUT2D eigenvalue weighted by molar-refractivity contribution is 6.06. The van der Waals surface area contributed by atoms with Gasteiger partial charge in [0, 0.05) is 10.8 Å². The van der Waals surface area contributed by atoms with Crippen LogP contribution in [-0.2, 0) is 0 Å². The number of furan rings is 1. The summed E-state index contributed by atoms with van der Waals surface area (Å²) in [5.41, 5.74) is 2.42. The van der Waals surface area contributed by atoms with Gasteiger partial charge in [0.25, 0.3) is 0 Å². The van der Waals surface area contributed by atoms with Gasteiger partial charge in [-0.25, -0.2) is 0 Å². The molecule has 0 amide bonds. The molecule has 4 rings (SSSR count). The van der Waals surface area contributed by atoms with Crippen LogP contribution in [0.1, 0.15) is 31.7 Å². The summed E-state index contributed by atoms with van der Waals surface area (Å²) in [5.74, 6) is -1.38. The first-order chi connectivity index (χ1) is 12.3. The zero-order valence-corrected chi connectivity index (χ0v) is 14.0. The van der Waals surface area contributed by atoms with Crippen LogP contribution in [0.5, 0.6) is 5.75 Å². The van der Waals surface area contributed by atoms with Crippen molar-refractivity contribution in [2.75, 3.05) is 0 Å². The van der Waals surface area contributed by atoms with E-state index in [4.69, 9.17) is 4.42 Å². The quantitative estimate of drug-likeness (QED) is 0.465. The number of fused-ring (bicyclic) bond motifs is 3. The molecular weight excluding hydrogens is 348 g/mol. The molecule has 1 aliphatic rings. The highest BCUT2D eigenvalue weighted by atomic mass is 19.4. The molecule has 1 aliphatic carbocycles. The van der Waals surface area contributed by atoms with Crippen LogP contribution in [0.4, 0.5) is 17.6 Å². The summed E-state index contributed by atoms with van der Waals surface area (Å²) in [6, 6.07) is 7.93. The monoisotopic (exact) mass is 364 g/mol. The van der Waals surface area contributed by atoms with Gasteiger partial charge in [-0.05, 0) is 60.6 Å². The molecule has 1 heterocycles. The maximum atomic E-state index is 14.4. The Kier molecular flexibility index (Phi) is 3.93. The van der Waals surface area contributed by atoms with Crippen molar-refractivity contribution in [1.82, 2.24) is 0 Å². The maximum Gasteiger partial charge on any atom is 0.573 e. The molecule has 0 spiro atoms. The van der Waals surface area contributed by atoms with Gasteiger partial charge in [-0.1, -0.05) is 19.1 Å². The van der Waals surface area contributed by atoms with E-state index in [0.29, 0.717) is 22.3 Å². The van der Waals surface area contributed by atoms with Crippen LogP contribution < -0.4 is 4.74 Å². The number of halogens is 4. The summed E-state index contributed by atoms with van der Waals surface area (Å²) >= 11 is 0. The Morgan fingerprint density at radius 3 is 2.58 bits per heavy atom. The average molecular weight is 364 g/mol. The van der Waals surface area contributed by atoms with Gasteiger partial charge in [-0.15, -0.1) is 13.2 Å². The van der Waals surface area contributed by atoms with E-state index in [0.717, 1.165) is 30.9 Å². The molecule has 0 saturated heterocycles. The van der Waals surface area contributed by atoms with Crippen molar-refractivity contribution in [3.8, 4) is 5.75 Å². The van der Waals surface area contributed by atoms with E-state index in [1.807, 2.05) is 18.2 Å². The molecule has 0 aliphatic heterocycles. The van der Waals surface area contributed by atoms with Crippen LogP contribution in [0, 0.1) is 11.7 Å². The van der Waals surface area contributed by atoms with Crippen molar-refractivity contribution < 1.29 is 26.7 Å². The van der Waals surface area contributed by atoms with Crippen molar-refractivity contribution in [1.29, 1.82) is 0 Å². The molecule has 3 aromatic rings. The molecule has 26 heavy (non-hydrogen) atoms. The lowest BCUT2D eigenvalue weighted by molar-refractivity contribution is -0.275. The Balaban J connectivity index is 1.80. The zero-order valence-electron chi connectivity index (χ0n) is 14.0. The Labute approximate surface area is 147 Å². The summed E-state index contributed by atoms with van der Waals surface area (Å²) in [6.07, 6.45) is 0.327. The van der Waals surface area contributed by atoms with Crippen LogP contribution in [0.15, 0.2) is 40.8 Å². The summed E-state index contributed by atoms with van der Waals surface area (Å²) in [5, 5.41) is 1.08. The van der Waals surface area contributed by atoms with Crippen LogP contribution in [0.2, 0.25) is 0 Å². The number of alkyl halides is 3. The van der Waals surface area contributed by atoms with Crippen molar-refractivity contribution in [2.45, 2.75) is 32.5 Å². The Hall–Kier alpha value is -2.50. The minimum absolute atomic E-state index is 0.231. The lowest BCUT2D eigenvalue weighted by atomic mass is 9.87. The number of hydrogen-bond donors (Lipinski definition) is 0. The topological polar surface area (TPSA) is 22.4 Å². The van der Waals surface area contributed by atoms with Crippen LogP contribution in [0.25, 0.3) is 27.5 Å². The Morgan fingerprint density at radius 1 is 1.12 bits per heavy atom. The number of benzene rings is 2. The van der Waals surface area contributed by atoms with E-state index in [2.05, 4.69) is 17.7 Å². The summed E-state index contributed by atoms with van der Waals surface area (Å²) in [6.45, 7) is 2.21. The fourth-order valence-corrected chi connectivity index (χ4v) is 3.42. The van der Waals surface area contributed by atoms with Gasteiger partial charge < -0.3 is 9.15 Å². The van der Waals surface area contributed by atoms with Crippen molar-refractivity contribution >= 4 is 27.5 Å². The molecular formula is C20H16F4O2. The first kappa shape index (κ1) is 16.9. The van der Waals surface area contributed by atoms with Gasteiger partial charge in [-0.3, -0.25) is 0 Å². The number of hydrogen-bond acceptors (Lipinski definition) is 2. The zero-order chi connectivity index (χ0) is 18.5. The van der Waals surface area contributed by atoms with E-state index >= 15 is 0 Å². The predicted molar refractivity (Wildman–Crippen MR) is 91.4 cm³/mol. The van der Waals surface area contributed by atoms with E-state index in [-0.39, 0.29) is 5.58 Å². The molecule has 0 radical (unpaired) electrons. The highest BCUT2D eigenvalue weighted by Crippen LogP contribution is 2.38. The third-order valence-corrected chi connectivity index (χ3v) is 4.82. The molecule has 1 atom stereocenters. The molecule has 0 N–H and O–H groups in total. The fraction of sp³-hybridized carbons (Fsp3) is 0.300. The second-order valence-electron chi connectivity index (χ2n) is 6.72. The van der Waals surface area contributed by atoms with Gasteiger partial charge >= 0.3 is 6.36 Å². The van der Waals surface area contributed by atoms with E-state index in [9.17, 15) is 17.6 Å². The first-order valence-corrected chi connectivity index (χ1v) is 8.42. The van der Waals surface area contributed by atoms with Crippen molar-refractivity contribution in [3.63, 3.8) is 0 Å². The molecule has 1 unspecified atom stereocenters. The number of rotatable bonds is 2. The highest BCUT2D eigenvalue weighted by Gasteiger charge is 2.33. The molecule has 2 aromatic carbocycles. The SMILES string of the molecule is CC1CC=C(c2ccc3c(c2)oc2c(F)c(OC(F)(F)F)ccc23)CC1. The first-order valence-electron chi connectivity index (χ1n) is 8.42. The average Bonchev–Trinajstić information content (AvgIpc) is 2.95. The summed E-state index contributed by atoms with van der Waals surface area (Å²) in [7, 11) is 0. The van der Waals surface area contributed by atoms with Gasteiger partial charge in [0.1, 0.15) is 5.58 Å². The second kappa shape index (κ2) is 6.04. The number of ether oxygens (including phenoxy) is 1. The third-order valence-electron chi connectivity index (χ3n) is 4.82. The molecule has 136 valence electrons. The third kappa shape index (κ3) is 3.04. The Morgan fingerprint density at radius 2 is 1.88 bits per heavy atom. The van der Waals surface area contributed by atoms with Gasteiger partial charge in [0.15, 0.2) is 11.3 Å². The largest absolute Gasteiger partial charge is 0.573 e.